The molecule has 1 N–H and O–H groups in total. The summed E-state index contributed by atoms with van der Waals surface area (Å²) in [4.78, 5) is 6.87. The molecule has 1 aliphatic rings. The molecule has 0 radical (unpaired) electrons. The van der Waals surface area contributed by atoms with E-state index in [9.17, 15) is 0 Å². The molecule has 2 atom stereocenters. The van der Waals surface area contributed by atoms with Crippen LogP contribution in [-0.2, 0) is 6.54 Å². The largest absolute Gasteiger partial charge is 0.467 e. The number of furan rings is 1. The van der Waals surface area contributed by atoms with Gasteiger partial charge in [0.2, 0.25) is 0 Å². The first kappa shape index (κ1) is 20.5. The van der Waals surface area contributed by atoms with E-state index in [2.05, 4.69) is 76.9 Å². The summed E-state index contributed by atoms with van der Waals surface area (Å²) in [5, 5.41) is 4.24. The van der Waals surface area contributed by atoms with Crippen LogP contribution in [0, 0.1) is 20.8 Å². The topological polar surface area (TPSA) is 46.2 Å². The highest BCUT2D eigenvalue weighted by Gasteiger charge is 2.41. The summed E-state index contributed by atoms with van der Waals surface area (Å²) in [6, 6.07) is 20.8. The van der Waals surface area contributed by atoms with Gasteiger partial charge in [-0.2, -0.15) is 0 Å². The summed E-state index contributed by atoms with van der Waals surface area (Å²) in [5.41, 5.74) is 7.02. The van der Waals surface area contributed by atoms with Crippen molar-refractivity contribution < 1.29 is 4.42 Å². The maximum atomic E-state index is 5.80. The van der Waals surface area contributed by atoms with Gasteiger partial charge >= 0.3 is 0 Å². The van der Waals surface area contributed by atoms with E-state index in [0.29, 0.717) is 11.7 Å². The summed E-state index contributed by atoms with van der Waals surface area (Å²) < 4.78 is 7.97. The van der Waals surface area contributed by atoms with Crippen LogP contribution in [0.25, 0.3) is 5.69 Å². The summed E-state index contributed by atoms with van der Waals surface area (Å²) >= 11 is 5.80. The molecule has 0 aliphatic carbocycles. The first-order valence-electron chi connectivity index (χ1n) is 10.8. The Kier molecular flexibility index (Phi) is 5.31. The van der Waals surface area contributed by atoms with E-state index in [1.165, 1.54) is 22.5 Å². The van der Waals surface area contributed by atoms with Crippen LogP contribution in [-0.4, -0.2) is 19.6 Å². The fraction of sp³-hybridized carbons (Fsp3) is 0.231. The minimum absolute atomic E-state index is 0.00658. The molecule has 1 saturated heterocycles. The predicted molar refractivity (Wildman–Crippen MR) is 130 cm³/mol. The van der Waals surface area contributed by atoms with Crippen LogP contribution in [0.1, 0.15) is 46.1 Å². The second kappa shape index (κ2) is 8.28. The number of thiocarbonyl (C=S) groups is 1. The van der Waals surface area contributed by atoms with E-state index < -0.39 is 0 Å². The Bertz CT molecular complexity index is 1230. The normalized spacial score (nSPS) is 18.2. The molecular formula is C26H26N4OS. The van der Waals surface area contributed by atoms with Crippen molar-refractivity contribution in [1.29, 1.82) is 0 Å². The number of pyridine rings is 1. The molecule has 1 aromatic carbocycles. The lowest BCUT2D eigenvalue weighted by atomic mass is 9.96. The lowest BCUT2D eigenvalue weighted by Crippen LogP contribution is -2.29. The molecule has 32 heavy (non-hydrogen) atoms. The van der Waals surface area contributed by atoms with Crippen molar-refractivity contribution in [3.8, 4) is 5.69 Å². The summed E-state index contributed by atoms with van der Waals surface area (Å²) in [5.74, 6) is 0.883. The van der Waals surface area contributed by atoms with Crippen molar-refractivity contribution in [2.24, 2.45) is 0 Å². The third-order valence-corrected chi connectivity index (χ3v) is 6.54. The fourth-order valence-electron chi connectivity index (χ4n) is 4.66. The third kappa shape index (κ3) is 3.60. The van der Waals surface area contributed by atoms with Crippen molar-refractivity contribution in [1.82, 2.24) is 19.8 Å². The van der Waals surface area contributed by atoms with Gasteiger partial charge < -0.3 is 19.2 Å². The van der Waals surface area contributed by atoms with E-state index in [4.69, 9.17) is 16.6 Å². The zero-order valence-corrected chi connectivity index (χ0v) is 19.3. The average Bonchev–Trinajstić information content (AvgIpc) is 3.49. The second-order valence-electron chi connectivity index (χ2n) is 8.33. The van der Waals surface area contributed by atoms with Gasteiger partial charge in [0.25, 0.3) is 0 Å². The molecule has 5 rings (SSSR count). The van der Waals surface area contributed by atoms with Gasteiger partial charge in [-0.25, -0.2) is 0 Å². The van der Waals surface area contributed by atoms with Crippen LogP contribution in [0.4, 0.5) is 0 Å². The number of aryl methyl sites for hydroxylation is 2. The van der Waals surface area contributed by atoms with E-state index in [1.807, 2.05) is 30.5 Å². The van der Waals surface area contributed by atoms with Crippen LogP contribution in [0.2, 0.25) is 0 Å². The Morgan fingerprint density at radius 2 is 1.84 bits per heavy atom. The number of hydrogen-bond acceptors (Lipinski definition) is 3. The summed E-state index contributed by atoms with van der Waals surface area (Å²) in [6.07, 6.45) is 3.54. The number of aromatic nitrogens is 2. The zero-order valence-electron chi connectivity index (χ0n) is 18.4. The molecule has 0 spiro atoms. The number of nitrogens with one attached hydrogen (secondary N) is 1. The molecule has 3 aromatic heterocycles. The SMILES string of the molecule is Cc1ccc(-n2c(C)cc([C@H]3[C@H](c4ccccn4)NC(=S)N3Cc3ccco3)c2C)cc1. The highest BCUT2D eigenvalue weighted by atomic mass is 32.1. The monoisotopic (exact) mass is 442 g/mol. The summed E-state index contributed by atoms with van der Waals surface area (Å²) in [7, 11) is 0. The molecule has 0 amide bonds. The third-order valence-electron chi connectivity index (χ3n) is 6.19. The van der Waals surface area contributed by atoms with Crippen LogP contribution in [0.15, 0.2) is 77.5 Å². The zero-order chi connectivity index (χ0) is 22.2. The van der Waals surface area contributed by atoms with Crippen LogP contribution in [0.5, 0.6) is 0 Å². The van der Waals surface area contributed by atoms with Crippen LogP contribution < -0.4 is 5.32 Å². The van der Waals surface area contributed by atoms with Crippen LogP contribution in [0.3, 0.4) is 0 Å². The lowest BCUT2D eigenvalue weighted by molar-refractivity contribution is 0.286. The lowest BCUT2D eigenvalue weighted by Gasteiger charge is -2.27. The van der Waals surface area contributed by atoms with Gasteiger partial charge in [0.05, 0.1) is 30.6 Å². The maximum absolute atomic E-state index is 5.80. The standard InChI is InChI=1S/C26H26N4OS/c1-17-9-11-20(12-10-17)30-18(2)15-22(19(30)3)25-24(23-8-4-5-13-27-23)28-26(32)29(25)16-21-7-6-14-31-21/h4-15,24-25H,16H2,1-3H3,(H,28,32)/t24-,25-/m0/s1. The predicted octanol–water partition coefficient (Wildman–Crippen LogP) is 5.56. The Morgan fingerprint density at radius 1 is 1.03 bits per heavy atom. The molecule has 1 fully saturated rings. The van der Waals surface area contributed by atoms with E-state index >= 15 is 0 Å². The molecule has 5 nitrogen and oxygen atoms in total. The minimum atomic E-state index is -0.0503. The smallest absolute Gasteiger partial charge is 0.170 e. The van der Waals surface area contributed by atoms with Crippen molar-refractivity contribution in [2.75, 3.05) is 0 Å². The number of nitrogens with zero attached hydrogens (tertiary/aromatic N) is 3. The highest BCUT2D eigenvalue weighted by molar-refractivity contribution is 7.80. The Morgan fingerprint density at radius 3 is 2.53 bits per heavy atom. The van der Waals surface area contributed by atoms with Crippen LogP contribution >= 0.6 is 12.2 Å². The molecule has 162 valence electrons. The minimum Gasteiger partial charge on any atom is -0.467 e. The van der Waals surface area contributed by atoms with E-state index in [1.54, 1.807) is 6.26 Å². The molecular weight excluding hydrogens is 416 g/mol. The highest BCUT2D eigenvalue weighted by Crippen LogP contribution is 2.42. The van der Waals surface area contributed by atoms with Crippen molar-refractivity contribution >= 4 is 17.3 Å². The van der Waals surface area contributed by atoms with Gasteiger partial charge in [-0.3, -0.25) is 4.98 Å². The van der Waals surface area contributed by atoms with Gasteiger partial charge in [-0.05, 0) is 81.0 Å². The number of hydrogen-bond donors (Lipinski definition) is 1. The maximum Gasteiger partial charge on any atom is 0.170 e. The Labute approximate surface area is 193 Å². The first-order chi connectivity index (χ1) is 15.5. The fourth-order valence-corrected chi connectivity index (χ4v) is 4.97. The van der Waals surface area contributed by atoms with Gasteiger partial charge in [0.1, 0.15) is 5.76 Å². The number of benzene rings is 1. The first-order valence-corrected chi connectivity index (χ1v) is 11.2. The molecule has 0 saturated carbocycles. The molecule has 1 aliphatic heterocycles. The van der Waals surface area contributed by atoms with Gasteiger partial charge in [-0.1, -0.05) is 23.8 Å². The van der Waals surface area contributed by atoms with Gasteiger partial charge in [0, 0.05) is 23.3 Å². The molecule has 4 aromatic rings. The summed E-state index contributed by atoms with van der Waals surface area (Å²) in [6.45, 7) is 7.05. The van der Waals surface area contributed by atoms with E-state index in [0.717, 1.165) is 17.1 Å². The Hall–Kier alpha value is -3.38. The quantitative estimate of drug-likeness (QED) is 0.410. The average molecular weight is 443 g/mol. The molecule has 0 bridgehead atoms. The molecule has 4 heterocycles. The van der Waals surface area contributed by atoms with Gasteiger partial charge in [0.15, 0.2) is 5.11 Å². The number of rotatable bonds is 5. The van der Waals surface area contributed by atoms with E-state index in [-0.39, 0.29) is 12.1 Å². The van der Waals surface area contributed by atoms with Crippen molar-refractivity contribution in [2.45, 2.75) is 39.4 Å². The Balaban J connectivity index is 1.62. The molecule has 0 unspecified atom stereocenters. The van der Waals surface area contributed by atoms with Gasteiger partial charge in [-0.15, -0.1) is 0 Å². The molecule has 6 heteroatoms. The van der Waals surface area contributed by atoms with Crippen molar-refractivity contribution in [3.05, 3.63) is 107 Å². The second-order valence-corrected chi connectivity index (χ2v) is 8.72. The van der Waals surface area contributed by atoms with Crippen molar-refractivity contribution in [3.63, 3.8) is 0 Å².